The third-order valence-corrected chi connectivity index (χ3v) is 5.99. The molecule has 0 aliphatic heterocycles. The molecule has 2 atom stereocenters. The average Bonchev–Trinajstić information content (AvgIpc) is 2.93. The quantitative estimate of drug-likeness (QED) is 0.265. The van der Waals surface area contributed by atoms with Crippen LogP contribution >= 0.6 is 0 Å². The molecule has 0 bridgehead atoms. The molecule has 0 spiro atoms. The zero-order valence-corrected chi connectivity index (χ0v) is 24.2. The van der Waals surface area contributed by atoms with Crippen LogP contribution in [0.5, 0.6) is 5.75 Å². The Kier molecular flexibility index (Phi) is 12.2. The highest BCUT2D eigenvalue weighted by Gasteiger charge is 2.36. The second-order valence-electron chi connectivity index (χ2n) is 10.4. The molecule has 0 aromatic heterocycles. The van der Waals surface area contributed by atoms with E-state index >= 15 is 0 Å². The lowest BCUT2D eigenvalue weighted by Gasteiger charge is -2.34. The Labute approximate surface area is 241 Å². The van der Waals surface area contributed by atoms with Gasteiger partial charge in [0.25, 0.3) is 0 Å². The number of nitrogens with zero attached hydrogens (tertiary/aromatic N) is 1. The average molecular weight is 566 g/mol. The van der Waals surface area contributed by atoms with Crippen LogP contribution in [0.15, 0.2) is 48.5 Å². The Balaban J connectivity index is 2.56. The number of amides is 3. The number of methoxy groups -OCH3 is 1. The minimum absolute atomic E-state index is 0.0547. The number of unbranched alkanes of at least 4 members (excludes halogenated alkanes) is 1. The number of nitrogens with one attached hydrogen (secondary N) is 2. The molecule has 10 nitrogen and oxygen atoms in total. The van der Waals surface area contributed by atoms with Crippen LogP contribution in [0.25, 0.3) is 0 Å². The first kappa shape index (κ1) is 32.7. The van der Waals surface area contributed by atoms with Crippen LogP contribution in [0.3, 0.4) is 0 Å². The van der Waals surface area contributed by atoms with Crippen molar-refractivity contribution < 1.29 is 33.8 Å². The second kappa shape index (κ2) is 15.3. The van der Waals surface area contributed by atoms with E-state index < -0.39 is 48.1 Å². The summed E-state index contributed by atoms with van der Waals surface area (Å²) < 4.78 is 10.1. The molecule has 0 aliphatic rings. The van der Waals surface area contributed by atoms with E-state index in [1.54, 1.807) is 57.2 Å². The largest absolute Gasteiger partial charge is 0.508 e. The lowest BCUT2D eigenvalue weighted by Crippen LogP contribution is -2.54. The van der Waals surface area contributed by atoms with Gasteiger partial charge in [-0.1, -0.05) is 43.5 Å². The van der Waals surface area contributed by atoms with E-state index in [1.165, 1.54) is 24.1 Å². The summed E-state index contributed by atoms with van der Waals surface area (Å²) >= 11 is 0. The van der Waals surface area contributed by atoms with E-state index in [-0.39, 0.29) is 18.7 Å². The number of ether oxygens (including phenoxy) is 2. The van der Waals surface area contributed by atoms with Crippen LogP contribution in [0.1, 0.15) is 63.3 Å². The van der Waals surface area contributed by atoms with Gasteiger partial charge in [0.15, 0.2) is 0 Å². The number of esters is 1. The molecular formula is C31H39N3O7. The topological polar surface area (TPSA) is 134 Å². The number of carbonyl (C=O) groups is 4. The number of hydrogen-bond acceptors (Lipinski definition) is 7. The van der Waals surface area contributed by atoms with E-state index in [1.807, 2.05) is 6.92 Å². The summed E-state index contributed by atoms with van der Waals surface area (Å²) in [4.78, 5) is 53.8. The second-order valence-corrected chi connectivity index (χ2v) is 10.4. The number of hydrogen-bond donors (Lipinski definition) is 3. The fourth-order valence-corrected chi connectivity index (χ4v) is 3.98. The van der Waals surface area contributed by atoms with Crippen LogP contribution in [0, 0.1) is 12.3 Å². The maximum absolute atomic E-state index is 14.3. The van der Waals surface area contributed by atoms with E-state index in [0.29, 0.717) is 23.1 Å². The SMILES string of the molecule is C#Cc1ccc(C(C(=O)NCC(=O)OC)N(CCCC)C(=O)C(Cc2ccc(O)cc2)NC(=O)OC(C)(C)C)cc1. The standard InChI is InChI=1S/C31H39N3O7/c1-7-9-18-34(27(28(37)32-20-26(36)40-6)23-14-10-21(8-2)11-15-23)29(38)25(33-30(39)41-31(3,4)5)19-22-12-16-24(35)17-13-22/h2,10-17,25,27,35H,7,9,18-20H2,1,3-6H3,(H,32,37)(H,33,39). The third-order valence-electron chi connectivity index (χ3n) is 5.99. The highest BCUT2D eigenvalue weighted by molar-refractivity contribution is 5.93. The van der Waals surface area contributed by atoms with E-state index in [4.69, 9.17) is 11.2 Å². The molecule has 3 N–H and O–H groups in total. The van der Waals surface area contributed by atoms with Crippen LogP contribution in [0.2, 0.25) is 0 Å². The van der Waals surface area contributed by atoms with Gasteiger partial charge in [-0.15, -0.1) is 6.42 Å². The molecule has 10 heteroatoms. The number of alkyl carbamates (subject to hydrolysis) is 1. The van der Waals surface area contributed by atoms with Crippen LogP contribution < -0.4 is 10.6 Å². The molecule has 0 fully saturated rings. The summed E-state index contributed by atoms with van der Waals surface area (Å²) in [5.41, 5.74) is 0.910. The molecule has 0 radical (unpaired) electrons. The van der Waals surface area contributed by atoms with Gasteiger partial charge in [0.1, 0.15) is 30.0 Å². The van der Waals surface area contributed by atoms with Gasteiger partial charge in [-0.2, -0.15) is 0 Å². The van der Waals surface area contributed by atoms with Gasteiger partial charge in [0.05, 0.1) is 7.11 Å². The summed E-state index contributed by atoms with van der Waals surface area (Å²) in [6.07, 6.45) is 6.06. The molecule has 2 aromatic rings. The molecule has 2 aromatic carbocycles. The number of terminal acetylenes is 1. The van der Waals surface area contributed by atoms with Gasteiger partial charge >= 0.3 is 12.1 Å². The van der Waals surface area contributed by atoms with Crippen molar-refractivity contribution >= 4 is 23.9 Å². The summed E-state index contributed by atoms with van der Waals surface area (Å²) in [7, 11) is 1.21. The molecule has 2 rings (SSSR count). The fraction of sp³-hybridized carbons (Fsp3) is 0.419. The highest BCUT2D eigenvalue weighted by Crippen LogP contribution is 2.25. The summed E-state index contributed by atoms with van der Waals surface area (Å²) in [6, 6.07) is 10.6. The molecule has 3 amide bonds. The Morgan fingerprint density at radius 1 is 1.05 bits per heavy atom. The van der Waals surface area contributed by atoms with Crippen molar-refractivity contribution in [3.05, 3.63) is 65.2 Å². The van der Waals surface area contributed by atoms with E-state index in [0.717, 1.165) is 6.42 Å². The predicted molar refractivity (Wildman–Crippen MR) is 154 cm³/mol. The van der Waals surface area contributed by atoms with Gasteiger partial charge in [0.2, 0.25) is 11.8 Å². The van der Waals surface area contributed by atoms with Gasteiger partial charge < -0.3 is 30.1 Å². The van der Waals surface area contributed by atoms with E-state index in [2.05, 4.69) is 21.3 Å². The lowest BCUT2D eigenvalue weighted by molar-refractivity contribution is -0.144. The first-order valence-electron chi connectivity index (χ1n) is 13.4. The first-order valence-corrected chi connectivity index (χ1v) is 13.4. The molecule has 0 aliphatic carbocycles. The monoisotopic (exact) mass is 565 g/mol. The zero-order valence-electron chi connectivity index (χ0n) is 24.2. The number of aromatic hydroxyl groups is 1. The van der Waals surface area contributed by atoms with Gasteiger partial charge in [-0.25, -0.2) is 4.79 Å². The van der Waals surface area contributed by atoms with Gasteiger partial charge in [-0.3, -0.25) is 14.4 Å². The van der Waals surface area contributed by atoms with Crippen molar-refractivity contribution in [1.82, 2.24) is 15.5 Å². The molecule has 0 heterocycles. The third kappa shape index (κ3) is 10.5. The van der Waals surface area contributed by atoms with Gasteiger partial charge in [0, 0.05) is 18.5 Å². The molecule has 2 unspecified atom stereocenters. The van der Waals surface area contributed by atoms with Crippen molar-refractivity contribution in [2.75, 3.05) is 20.2 Å². The Hall–Kier alpha value is -4.52. The zero-order chi connectivity index (χ0) is 30.6. The van der Waals surface area contributed by atoms with Crippen molar-refractivity contribution in [1.29, 1.82) is 0 Å². The highest BCUT2D eigenvalue weighted by atomic mass is 16.6. The Bertz CT molecular complexity index is 1230. The molecule has 0 saturated carbocycles. The summed E-state index contributed by atoms with van der Waals surface area (Å²) in [5.74, 6) is 0.795. The summed E-state index contributed by atoms with van der Waals surface area (Å²) in [6.45, 7) is 6.86. The van der Waals surface area contributed by atoms with E-state index in [9.17, 15) is 24.3 Å². The number of phenolic OH excluding ortho intramolecular Hbond substituents is 1. The minimum Gasteiger partial charge on any atom is -0.508 e. The molecular weight excluding hydrogens is 526 g/mol. The van der Waals surface area contributed by atoms with Crippen molar-refractivity contribution in [3.63, 3.8) is 0 Å². The Morgan fingerprint density at radius 3 is 2.22 bits per heavy atom. The maximum atomic E-state index is 14.3. The van der Waals surface area contributed by atoms with Crippen molar-refractivity contribution in [3.8, 4) is 18.1 Å². The molecule has 220 valence electrons. The number of carbonyl (C=O) groups excluding carboxylic acids is 4. The lowest BCUT2D eigenvalue weighted by atomic mass is 9.99. The normalized spacial score (nSPS) is 12.3. The number of benzene rings is 2. The summed E-state index contributed by atoms with van der Waals surface area (Å²) in [5, 5.41) is 14.9. The first-order chi connectivity index (χ1) is 19.4. The smallest absolute Gasteiger partial charge is 0.408 e. The predicted octanol–water partition coefficient (Wildman–Crippen LogP) is 3.47. The van der Waals surface area contributed by atoms with Crippen LogP contribution in [-0.4, -0.2) is 65.7 Å². The van der Waals surface area contributed by atoms with Crippen molar-refractivity contribution in [2.45, 2.75) is 64.6 Å². The minimum atomic E-state index is -1.15. The molecule has 0 saturated heterocycles. The van der Waals surface area contributed by atoms with Gasteiger partial charge in [-0.05, 0) is 62.6 Å². The molecule has 41 heavy (non-hydrogen) atoms. The van der Waals surface area contributed by atoms with Crippen molar-refractivity contribution in [2.24, 2.45) is 0 Å². The Morgan fingerprint density at radius 2 is 1.68 bits per heavy atom. The fourth-order valence-electron chi connectivity index (χ4n) is 3.98. The maximum Gasteiger partial charge on any atom is 0.408 e. The number of rotatable bonds is 12. The number of phenols is 1. The van der Waals surface area contributed by atoms with Crippen LogP contribution in [-0.2, 0) is 30.3 Å². The van der Waals surface area contributed by atoms with Crippen LogP contribution in [0.4, 0.5) is 4.79 Å².